The minimum Gasteiger partial charge on any atom is -0.492 e. The predicted octanol–water partition coefficient (Wildman–Crippen LogP) is 5.87. The average molecular weight is 515 g/mol. The number of nitrogens with one attached hydrogen (secondary N) is 2. The van der Waals surface area contributed by atoms with Crippen LogP contribution in [0.25, 0.3) is 5.70 Å². The van der Waals surface area contributed by atoms with Crippen molar-refractivity contribution >= 4 is 28.8 Å². The first-order valence-electron chi connectivity index (χ1n) is 11.5. The zero-order valence-corrected chi connectivity index (χ0v) is 21.0. The fourth-order valence-corrected chi connectivity index (χ4v) is 4.15. The van der Waals surface area contributed by atoms with Crippen molar-refractivity contribution in [2.75, 3.05) is 13.2 Å². The summed E-state index contributed by atoms with van der Waals surface area (Å²) in [6.07, 6.45) is 8.61. The molecule has 7 nitrogen and oxygen atoms in total. The van der Waals surface area contributed by atoms with Gasteiger partial charge < -0.3 is 10.1 Å². The molecular formula is C26H29ClF2N6O. The summed E-state index contributed by atoms with van der Waals surface area (Å²) >= 11 is 5.74. The fourth-order valence-electron chi connectivity index (χ4n) is 4.05. The van der Waals surface area contributed by atoms with Crippen LogP contribution in [-0.2, 0) is 4.74 Å². The molecule has 10 heteroatoms. The van der Waals surface area contributed by atoms with Crippen LogP contribution in [0.4, 0.5) is 8.78 Å². The molecule has 2 N–H and O–H groups in total. The second-order valence-corrected chi connectivity index (χ2v) is 8.22. The molecule has 1 aromatic carbocycles. The molecule has 0 saturated carbocycles. The van der Waals surface area contributed by atoms with Crippen molar-refractivity contribution in [2.24, 2.45) is 4.99 Å². The molecule has 0 spiro atoms. The van der Waals surface area contributed by atoms with Gasteiger partial charge in [-0.15, -0.1) is 0 Å². The van der Waals surface area contributed by atoms with E-state index in [-0.39, 0.29) is 5.84 Å². The first-order valence-corrected chi connectivity index (χ1v) is 12.0. The molecule has 1 heterocycles. The Bertz CT molecular complexity index is 1230. The molecule has 0 bridgehead atoms. The summed E-state index contributed by atoms with van der Waals surface area (Å²) in [5, 5.41) is 15.9. The van der Waals surface area contributed by atoms with Gasteiger partial charge >= 0.3 is 0 Å². The largest absolute Gasteiger partial charge is 0.492 e. The number of benzene rings is 1. The van der Waals surface area contributed by atoms with E-state index in [1.807, 2.05) is 13.0 Å². The average Bonchev–Trinajstić information content (AvgIpc) is 3.47. The number of hydrogen-bond acceptors (Lipinski definition) is 5. The van der Waals surface area contributed by atoms with Crippen LogP contribution in [0.3, 0.4) is 0 Å². The molecule has 2 aromatic rings. The normalized spacial score (nSPS) is 16.6. The molecule has 0 radical (unpaired) electrons. The maximum absolute atomic E-state index is 14.4. The van der Waals surface area contributed by atoms with E-state index in [9.17, 15) is 8.78 Å². The van der Waals surface area contributed by atoms with E-state index >= 15 is 0 Å². The summed E-state index contributed by atoms with van der Waals surface area (Å²) in [6, 6.07) is 3.50. The molecular weight excluding hydrogens is 486 g/mol. The molecule has 1 aliphatic rings. The minimum absolute atomic E-state index is 0.203. The molecule has 0 saturated heterocycles. The SMILES string of the molecule is C=C/C=C(\C(=C/C)OCCCNC(=N)C1=C(/N=C/Cl)C(c2ccc(F)cc2F)CC1)n1cnc(C)n1. The minimum atomic E-state index is -0.637. The summed E-state index contributed by atoms with van der Waals surface area (Å²) in [5.74, 6) is -0.182. The molecule has 3 rings (SSSR count). The Balaban J connectivity index is 1.59. The van der Waals surface area contributed by atoms with Gasteiger partial charge in [-0.25, -0.2) is 23.4 Å². The number of aliphatic imine (C=N–C) groups is 1. The van der Waals surface area contributed by atoms with Gasteiger partial charge in [-0.05, 0) is 56.9 Å². The highest BCUT2D eigenvalue weighted by atomic mass is 35.5. The molecule has 1 unspecified atom stereocenters. The maximum atomic E-state index is 14.4. The highest BCUT2D eigenvalue weighted by Crippen LogP contribution is 2.41. The van der Waals surface area contributed by atoms with Crippen LogP contribution >= 0.6 is 11.6 Å². The van der Waals surface area contributed by atoms with Gasteiger partial charge in [0.15, 0.2) is 0 Å². The zero-order valence-electron chi connectivity index (χ0n) is 20.3. The first-order chi connectivity index (χ1) is 17.4. The van der Waals surface area contributed by atoms with E-state index in [2.05, 4.69) is 27.0 Å². The van der Waals surface area contributed by atoms with Crippen LogP contribution in [0.15, 0.2) is 71.4 Å². The lowest BCUT2D eigenvalue weighted by Crippen LogP contribution is -2.26. The van der Waals surface area contributed by atoms with Crippen LogP contribution in [0.5, 0.6) is 0 Å². The summed E-state index contributed by atoms with van der Waals surface area (Å²) in [6.45, 7) is 8.31. The molecule has 0 aliphatic heterocycles. The van der Waals surface area contributed by atoms with Crippen LogP contribution in [0, 0.1) is 24.0 Å². The lowest BCUT2D eigenvalue weighted by atomic mass is 9.96. The van der Waals surface area contributed by atoms with Crippen LogP contribution in [0.1, 0.15) is 43.5 Å². The van der Waals surface area contributed by atoms with Gasteiger partial charge in [-0.2, -0.15) is 5.10 Å². The van der Waals surface area contributed by atoms with Gasteiger partial charge in [0.05, 0.1) is 18.0 Å². The Morgan fingerprint density at radius 2 is 2.22 bits per heavy atom. The number of ether oxygens (including phenoxy) is 1. The van der Waals surface area contributed by atoms with Crippen LogP contribution in [0.2, 0.25) is 0 Å². The van der Waals surface area contributed by atoms with Crippen LogP contribution in [-0.4, -0.2) is 39.4 Å². The summed E-state index contributed by atoms with van der Waals surface area (Å²) in [7, 11) is 0. The number of aromatic nitrogens is 3. The Hall–Kier alpha value is -3.59. The van der Waals surface area contributed by atoms with E-state index in [4.69, 9.17) is 21.7 Å². The van der Waals surface area contributed by atoms with Crippen molar-refractivity contribution in [3.63, 3.8) is 0 Å². The molecule has 36 heavy (non-hydrogen) atoms. The van der Waals surface area contributed by atoms with Crippen molar-refractivity contribution < 1.29 is 13.5 Å². The summed E-state index contributed by atoms with van der Waals surface area (Å²) in [5.41, 5.74) is 3.35. The molecule has 1 atom stereocenters. The van der Waals surface area contributed by atoms with E-state index in [1.54, 1.807) is 30.1 Å². The third kappa shape index (κ3) is 6.54. The summed E-state index contributed by atoms with van der Waals surface area (Å²) in [4.78, 5) is 8.37. The van der Waals surface area contributed by atoms with Gasteiger partial charge in [0, 0.05) is 24.1 Å². The lowest BCUT2D eigenvalue weighted by molar-refractivity contribution is 0.221. The van der Waals surface area contributed by atoms with Crippen molar-refractivity contribution in [1.29, 1.82) is 5.41 Å². The Kier molecular flexibility index (Phi) is 9.69. The molecule has 190 valence electrons. The van der Waals surface area contributed by atoms with Gasteiger partial charge in [-0.1, -0.05) is 30.3 Å². The maximum Gasteiger partial charge on any atom is 0.147 e. The van der Waals surface area contributed by atoms with Gasteiger partial charge in [-0.3, -0.25) is 5.41 Å². The fraction of sp³-hybridized carbons (Fsp3) is 0.308. The van der Waals surface area contributed by atoms with Gasteiger partial charge in [0.1, 0.15) is 41.1 Å². The smallest absolute Gasteiger partial charge is 0.147 e. The van der Waals surface area contributed by atoms with E-state index in [0.29, 0.717) is 66.5 Å². The van der Waals surface area contributed by atoms with Gasteiger partial charge in [0.2, 0.25) is 0 Å². The van der Waals surface area contributed by atoms with Crippen molar-refractivity contribution in [2.45, 2.75) is 39.0 Å². The van der Waals surface area contributed by atoms with E-state index < -0.39 is 17.6 Å². The lowest BCUT2D eigenvalue weighted by Gasteiger charge is -2.15. The van der Waals surface area contributed by atoms with Crippen molar-refractivity contribution in [3.05, 3.63) is 89.4 Å². The zero-order chi connectivity index (χ0) is 26.1. The number of hydrogen-bond donors (Lipinski definition) is 2. The number of aryl methyl sites for hydroxylation is 1. The highest BCUT2D eigenvalue weighted by Gasteiger charge is 2.30. The van der Waals surface area contributed by atoms with Gasteiger partial charge in [0.25, 0.3) is 0 Å². The Labute approximate surface area is 214 Å². The molecule has 1 aliphatic carbocycles. The topological polar surface area (TPSA) is 88.2 Å². The second-order valence-electron chi connectivity index (χ2n) is 8.03. The van der Waals surface area contributed by atoms with Crippen molar-refractivity contribution in [3.8, 4) is 0 Å². The number of nitrogens with zero attached hydrogens (tertiary/aromatic N) is 4. The molecule has 0 amide bonds. The van der Waals surface area contributed by atoms with E-state index in [0.717, 1.165) is 11.7 Å². The molecule has 0 fully saturated rings. The number of allylic oxidation sites excluding steroid dienone is 5. The number of rotatable bonds is 11. The Morgan fingerprint density at radius 1 is 1.42 bits per heavy atom. The Morgan fingerprint density at radius 3 is 2.86 bits per heavy atom. The third-order valence-corrected chi connectivity index (χ3v) is 5.77. The predicted molar refractivity (Wildman–Crippen MR) is 139 cm³/mol. The standard InChI is InChI=1S/C26H29ClF2N6O/c1-4-7-23(35-16-33-17(3)34-35)24(5-2)36-13-6-12-31-26(30)21-11-10-20(25(21)32-15-27)19-9-8-18(28)14-22(19)29/h4-5,7-9,14-16,20H,1,6,10-13H2,2-3H3,(H2,30,31)/b23-7+,24-5+,32-15+. The third-order valence-electron chi connectivity index (χ3n) is 5.67. The van der Waals surface area contributed by atoms with Crippen LogP contribution < -0.4 is 5.32 Å². The number of amidine groups is 1. The molecule has 1 aromatic heterocycles. The monoisotopic (exact) mass is 514 g/mol. The second kappa shape index (κ2) is 12.9. The summed E-state index contributed by atoms with van der Waals surface area (Å²) < 4.78 is 35.3. The quantitative estimate of drug-likeness (QED) is 0.129. The highest BCUT2D eigenvalue weighted by molar-refractivity contribution is 6.56. The van der Waals surface area contributed by atoms with Crippen molar-refractivity contribution in [1.82, 2.24) is 20.1 Å². The van der Waals surface area contributed by atoms with E-state index in [1.165, 1.54) is 12.1 Å². The first kappa shape index (κ1) is 27.0. The number of halogens is 3.